The summed E-state index contributed by atoms with van der Waals surface area (Å²) in [7, 11) is 1.44. The molecular formula is C23H30O3S. The first-order valence-electron chi connectivity index (χ1n) is 9.46. The van der Waals surface area contributed by atoms with Crippen LogP contribution in [0.5, 0.6) is 0 Å². The highest BCUT2D eigenvalue weighted by molar-refractivity contribution is 7.12. The minimum atomic E-state index is -0.160. The van der Waals surface area contributed by atoms with E-state index in [9.17, 15) is 9.59 Å². The van der Waals surface area contributed by atoms with Gasteiger partial charge in [-0.15, -0.1) is 11.3 Å². The molecule has 1 aromatic carbocycles. The zero-order valence-electron chi connectivity index (χ0n) is 17.1. The van der Waals surface area contributed by atoms with Crippen LogP contribution in [0.15, 0.2) is 30.3 Å². The van der Waals surface area contributed by atoms with Crippen LogP contribution in [0.25, 0.3) is 0 Å². The van der Waals surface area contributed by atoms with Crippen molar-refractivity contribution in [3.8, 4) is 0 Å². The predicted molar refractivity (Wildman–Crippen MR) is 112 cm³/mol. The van der Waals surface area contributed by atoms with Crippen molar-refractivity contribution in [1.29, 1.82) is 0 Å². The fourth-order valence-electron chi connectivity index (χ4n) is 3.45. The van der Waals surface area contributed by atoms with Crippen LogP contribution in [0, 0.1) is 19.3 Å². The molecule has 0 aliphatic rings. The summed E-state index contributed by atoms with van der Waals surface area (Å²) >= 11 is 1.81. The maximum atomic E-state index is 12.5. The monoisotopic (exact) mass is 386 g/mol. The fourth-order valence-corrected chi connectivity index (χ4v) is 4.61. The average molecular weight is 387 g/mol. The molecule has 0 aliphatic carbocycles. The molecule has 146 valence electrons. The Morgan fingerprint density at radius 1 is 1.00 bits per heavy atom. The Hall–Kier alpha value is -1.94. The van der Waals surface area contributed by atoms with E-state index < -0.39 is 0 Å². The summed E-state index contributed by atoms with van der Waals surface area (Å²) < 4.78 is 4.82. The lowest BCUT2D eigenvalue weighted by Gasteiger charge is -2.23. The van der Waals surface area contributed by atoms with Crippen LogP contribution in [0.3, 0.4) is 0 Å². The Bertz CT molecular complexity index is 787. The van der Waals surface area contributed by atoms with Gasteiger partial charge in [0.25, 0.3) is 0 Å². The van der Waals surface area contributed by atoms with E-state index in [1.54, 1.807) is 0 Å². The van der Waals surface area contributed by atoms with Crippen molar-refractivity contribution >= 4 is 23.1 Å². The SMILES string of the molecule is COC(=O)CC(C)(C)CCc1c(C)sc(C)c1CCC(=O)c1ccccc1. The minimum Gasteiger partial charge on any atom is -0.469 e. The quantitative estimate of drug-likeness (QED) is 0.410. The molecule has 0 fully saturated rings. The average Bonchev–Trinajstić information content (AvgIpc) is 2.90. The highest BCUT2D eigenvalue weighted by Crippen LogP contribution is 2.34. The second-order valence-corrected chi connectivity index (χ2v) is 9.31. The van der Waals surface area contributed by atoms with Crippen molar-refractivity contribution in [3.05, 3.63) is 56.8 Å². The molecule has 1 heterocycles. The number of aryl methyl sites for hydroxylation is 2. The van der Waals surface area contributed by atoms with E-state index in [2.05, 4.69) is 27.7 Å². The van der Waals surface area contributed by atoms with Gasteiger partial charge in [-0.25, -0.2) is 0 Å². The van der Waals surface area contributed by atoms with Gasteiger partial charge in [0.1, 0.15) is 0 Å². The minimum absolute atomic E-state index is 0.105. The molecule has 2 rings (SSSR count). The van der Waals surface area contributed by atoms with Crippen molar-refractivity contribution in [3.63, 3.8) is 0 Å². The first kappa shape index (κ1) is 21.4. The van der Waals surface area contributed by atoms with Gasteiger partial charge in [-0.2, -0.15) is 0 Å². The van der Waals surface area contributed by atoms with Crippen molar-refractivity contribution in [2.45, 2.75) is 59.8 Å². The molecule has 0 atom stereocenters. The molecule has 0 saturated carbocycles. The third kappa shape index (κ3) is 6.03. The summed E-state index contributed by atoms with van der Waals surface area (Å²) in [5.74, 6) is 0.0303. The molecule has 0 amide bonds. The van der Waals surface area contributed by atoms with E-state index in [-0.39, 0.29) is 17.2 Å². The lowest BCUT2D eigenvalue weighted by atomic mass is 9.82. The summed E-state index contributed by atoms with van der Waals surface area (Å²) in [6.45, 7) is 8.51. The molecule has 0 N–H and O–H groups in total. The predicted octanol–water partition coefficient (Wildman–Crippen LogP) is 5.70. The van der Waals surface area contributed by atoms with E-state index >= 15 is 0 Å². The highest BCUT2D eigenvalue weighted by Gasteiger charge is 2.24. The topological polar surface area (TPSA) is 43.4 Å². The van der Waals surface area contributed by atoms with E-state index in [0.29, 0.717) is 12.8 Å². The third-order valence-electron chi connectivity index (χ3n) is 5.12. The van der Waals surface area contributed by atoms with E-state index in [4.69, 9.17) is 4.74 Å². The lowest BCUT2D eigenvalue weighted by molar-refractivity contribution is -0.143. The molecule has 3 nitrogen and oxygen atoms in total. The van der Waals surface area contributed by atoms with Gasteiger partial charge in [-0.3, -0.25) is 9.59 Å². The van der Waals surface area contributed by atoms with Gasteiger partial charge in [-0.1, -0.05) is 44.2 Å². The molecule has 2 aromatic rings. The number of rotatable bonds is 9. The molecule has 4 heteroatoms. The molecule has 0 bridgehead atoms. The Balaban J connectivity index is 2.06. The lowest BCUT2D eigenvalue weighted by Crippen LogP contribution is -2.19. The second kappa shape index (κ2) is 9.32. The van der Waals surface area contributed by atoms with E-state index in [1.807, 2.05) is 41.7 Å². The van der Waals surface area contributed by atoms with Crippen molar-refractivity contribution in [1.82, 2.24) is 0 Å². The summed E-state index contributed by atoms with van der Waals surface area (Å²) in [6, 6.07) is 9.50. The zero-order valence-corrected chi connectivity index (χ0v) is 17.9. The standard InChI is InChI=1S/C23H30O3S/c1-16-19(11-12-21(24)18-9-7-6-8-10-18)20(17(2)27-16)13-14-23(3,4)15-22(25)26-5/h6-10H,11-15H2,1-5H3. The van der Waals surface area contributed by atoms with Gasteiger partial charge in [0.15, 0.2) is 5.78 Å². The largest absolute Gasteiger partial charge is 0.469 e. The number of thiophene rings is 1. The Kier molecular flexibility index (Phi) is 7.37. The number of hydrogen-bond donors (Lipinski definition) is 0. The molecule has 0 aliphatic heterocycles. The van der Waals surface area contributed by atoms with Gasteiger partial charge in [-0.05, 0) is 49.7 Å². The van der Waals surface area contributed by atoms with Gasteiger partial charge in [0.2, 0.25) is 0 Å². The molecule has 1 aromatic heterocycles. The number of carbonyl (C=O) groups is 2. The Morgan fingerprint density at radius 2 is 1.59 bits per heavy atom. The number of esters is 1. The van der Waals surface area contributed by atoms with Gasteiger partial charge in [0, 0.05) is 21.7 Å². The number of Topliss-reactive ketones (excluding diaryl/α,β-unsaturated/α-hetero) is 1. The second-order valence-electron chi connectivity index (χ2n) is 7.88. The van der Waals surface area contributed by atoms with Crippen LogP contribution < -0.4 is 0 Å². The van der Waals surface area contributed by atoms with Gasteiger partial charge < -0.3 is 4.74 Å². The molecule has 0 saturated heterocycles. The van der Waals surface area contributed by atoms with Crippen LogP contribution >= 0.6 is 11.3 Å². The molecule has 27 heavy (non-hydrogen) atoms. The summed E-state index contributed by atoms with van der Waals surface area (Å²) in [5, 5.41) is 0. The van der Waals surface area contributed by atoms with Crippen LogP contribution in [0.2, 0.25) is 0 Å². The Labute approximate surface area is 166 Å². The van der Waals surface area contributed by atoms with Crippen molar-refractivity contribution in [2.75, 3.05) is 7.11 Å². The molecule has 0 unspecified atom stereocenters. The number of ether oxygens (including phenoxy) is 1. The molecule has 0 spiro atoms. The summed E-state index contributed by atoms with van der Waals surface area (Å²) in [5.41, 5.74) is 3.35. The van der Waals surface area contributed by atoms with Crippen LogP contribution in [-0.4, -0.2) is 18.9 Å². The summed E-state index contributed by atoms with van der Waals surface area (Å²) in [4.78, 5) is 26.7. The third-order valence-corrected chi connectivity index (χ3v) is 6.23. The van der Waals surface area contributed by atoms with Crippen molar-refractivity contribution in [2.24, 2.45) is 5.41 Å². The normalized spacial score (nSPS) is 11.4. The van der Waals surface area contributed by atoms with Crippen LogP contribution in [-0.2, 0) is 22.4 Å². The first-order valence-corrected chi connectivity index (χ1v) is 10.3. The zero-order chi connectivity index (χ0) is 20.0. The maximum Gasteiger partial charge on any atom is 0.306 e. The molecular weight excluding hydrogens is 356 g/mol. The number of carbonyl (C=O) groups excluding carboxylic acids is 2. The number of ketones is 1. The first-order chi connectivity index (χ1) is 12.7. The van der Waals surface area contributed by atoms with Crippen LogP contribution in [0.4, 0.5) is 0 Å². The fraction of sp³-hybridized carbons (Fsp3) is 0.478. The highest BCUT2D eigenvalue weighted by atomic mass is 32.1. The smallest absolute Gasteiger partial charge is 0.306 e. The number of methoxy groups -OCH3 is 1. The van der Waals surface area contributed by atoms with Crippen molar-refractivity contribution < 1.29 is 14.3 Å². The number of hydrogen-bond acceptors (Lipinski definition) is 4. The Morgan fingerprint density at radius 3 is 2.19 bits per heavy atom. The van der Waals surface area contributed by atoms with Gasteiger partial charge >= 0.3 is 5.97 Å². The van der Waals surface area contributed by atoms with Crippen LogP contribution in [0.1, 0.15) is 64.3 Å². The number of benzene rings is 1. The van der Waals surface area contributed by atoms with E-state index in [0.717, 1.165) is 24.8 Å². The maximum absolute atomic E-state index is 12.5. The summed E-state index contributed by atoms with van der Waals surface area (Å²) in [6.07, 6.45) is 3.57. The van der Waals surface area contributed by atoms with E-state index in [1.165, 1.54) is 28.0 Å². The van der Waals surface area contributed by atoms with Gasteiger partial charge in [0.05, 0.1) is 13.5 Å². The molecule has 0 radical (unpaired) electrons.